The zero-order valence-corrected chi connectivity index (χ0v) is 58.6. The summed E-state index contributed by atoms with van der Waals surface area (Å²) < 4.78 is 5.48. The van der Waals surface area contributed by atoms with E-state index in [1.165, 1.54) is 372 Å². The Kier molecular flexibility index (Phi) is 74.3. The Balaban J connectivity index is 3.36. The Hall–Kier alpha value is -1.66. The maximum Gasteiger partial charge on any atom is 0.305 e. The van der Waals surface area contributed by atoms with E-state index in [0.717, 1.165) is 44.9 Å². The first-order valence-corrected chi connectivity index (χ1v) is 39.6. The van der Waals surface area contributed by atoms with Gasteiger partial charge < -0.3 is 20.3 Å². The van der Waals surface area contributed by atoms with Crippen LogP contribution in [0.1, 0.15) is 450 Å². The predicted octanol–water partition coefficient (Wildman–Crippen LogP) is 26.0. The summed E-state index contributed by atoms with van der Waals surface area (Å²) in [5.41, 5.74) is 0. The monoisotopic (exact) mass is 1210 g/mol. The van der Waals surface area contributed by atoms with E-state index in [0.29, 0.717) is 25.9 Å². The first kappa shape index (κ1) is 84.3. The number of esters is 1. The van der Waals surface area contributed by atoms with E-state index in [1.54, 1.807) is 0 Å². The van der Waals surface area contributed by atoms with E-state index in [-0.39, 0.29) is 18.5 Å². The summed E-state index contributed by atoms with van der Waals surface area (Å²) in [7, 11) is 0. The third-order valence-corrected chi connectivity index (χ3v) is 18.8. The minimum absolute atomic E-state index is 0.0193. The smallest absolute Gasteiger partial charge is 0.305 e. The Morgan fingerprint density at radius 2 is 0.581 bits per heavy atom. The van der Waals surface area contributed by atoms with E-state index in [1.807, 2.05) is 0 Å². The number of aliphatic hydroxyl groups is 2. The number of rotatable bonds is 75. The molecular formula is C80H155NO5. The van der Waals surface area contributed by atoms with Crippen LogP contribution < -0.4 is 5.32 Å². The summed E-state index contributed by atoms with van der Waals surface area (Å²) in [5, 5.41) is 23.5. The second kappa shape index (κ2) is 75.8. The quantitative estimate of drug-likeness (QED) is 0.0320. The van der Waals surface area contributed by atoms with Crippen molar-refractivity contribution < 1.29 is 24.5 Å². The van der Waals surface area contributed by atoms with Crippen LogP contribution in [0.15, 0.2) is 24.3 Å². The number of hydrogen-bond acceptors (Lipinski definition) is 5. The Morgan fingerprint density at radius 3 is 0.884 bits per heavy atom. The van der Waals surface area contributed by atoms with Gasteiger partial charge in [0.05, 0.1) is 25.4 Å². The lowest BCUT2D eigenvalue weighted by Crippen LogP contribution is -2.45. The largest absolute Gasteiger partial charge is 0.466 e. The molecule has 0 spiro atoms. The molecule has 2 atom stereocenters. The number of ether oxygens (including phenoxy) is 1. The molecule has 0 bridgehead atoms. The molecule has 0 rings (SSSR count). The molecule has 0 aromatic heterocycles. The lowest BCUT2D eigenvalue weighted by Gasteiger charge is -2.22. The average molecular weight is 1210 g/mol. The molecule has 0 aliphatic carbocycles. The fraction of sp³-hybridized carbons (Fsp3) is 0.925. The van der Waals surface area contributed by atoms with Crippen LogP contribution in [0, 0.1) is 0 Å². The third kappa shape index (κ3) is 71.4. The van der Waals surface area contributed by atoms with Crippen molar-refractivity contribution in [2.24, 2.45) is 0 Å². The molecule has 0 aliphatic rings. The summed E-state index contributed by atoms with van der Waals surface area (Å²) in [6.45, 7) is 5.00. The molecule has 0 aliphatic heterocycles. The van der Waals surface area contributed by atoms with Crippen LogP contribution in [0.25, 0.3) is 0 Å². The average Bonchev–Trinajstić information content (AvgIpc) is 3.58. The predicted molar refractivity (Wildman–Crippen MR) is 380 cm³/mol. The van der Waals surface area contributed by atoms with Gasteiger partial charge in [-0.05, 0) is 57.8 Å². The summed E-state index contributed by atoms with van der Waals surface area (Å²) in [6, 6.07) is -0.540. The van der Waals surface area contributed by atoms with Crippen molar-refractivity contribution in [3.8, 4) is 0 Å². The fourth-order valence-electron chi connectivity index (χ4n) is 12.7. The Morgan fingerprint density at radius 1 is 0.326 bits per heavy atom. The molecule has 6 nitrogen and oxygen atoms in total. The summed E-state index contributed by atoms with van der Waals surface area (Å²) in [6.07, 6.45) is 97.0. The zero-order chi connectivity index (χ0) is 62.0. The normalized spacial score (nSPS) is 12.6. The number of amides is 1. The van der Waals surface area contributed by atoms with Gasteiger partial charge in [-0.2, -0.15) is 0 Å². The van der Waals surface area contributed by atoms with Crippen molar-refractivity contribution in [3.63, 3.8) is 0 Å². The van der Waals surface area contributed by atoms with Gasteiger partial charge in [0.25, 0.3) is 0 Å². The van der Waals surface area contributed by atoms with Crippen LogP contribution in [0.5, 0.6) is 0 Å². The van der Waals surface area contributed by atoms with Crippen LogP contribution in [-0.4, -0.2) is 47.4 Å². The Bertz CT molecular complexity index is 1350. The van der Waals surface area contributed by atoms with Crippen molar-refractivity contribution >= 4 is 11.9 Å². The van der Waals surface area contributed by atoms with Gasteiger partial charge in [-0.1, -0.05) is 404 Å². The van der Waals surface area contributed by atoms with Gasteiger partial charge in [-0.3, -0.25) is 9.59 Å². The van der Waals surface area contributed by atoms with Gasteiger partial charge in [0.2, 0.25) is 5.91 Å². The van der Waals surface area contributed by atoms with Crippen molar-refractivity contribution in [3.05, 3.63) is 24.3 Å². The molecule has 6 heteroatoms. The highest BCUT2D eigenvalue weighted by atomic mass is 16.5. The highest BCUT2D eigenvalue weighted by Gasteiger charge is 2.20. The highest BCUT2D eigenvalue weighted by Crippen LogP contribution is 2.20. The second-order valence-electron chi connectivity index (χ2n) is 27.4. The minimum atomic E-state index is -0.663. The maximum absolute atomic E-state index is 12.6. The summed E-state index contributed by atoms with van der Waals surface area (Å²) >= 11 is 0. The molecule has 86 heavy (non-hydrogen) atoms. The molecule has 0 saturated heterocycles. The van der Waals surface area contributed by atoms with E-state index in [2.05, 4.69) is 43.5 Å². The van der Waals surface area contributed by atoms with Crippen LogP contribution >= 0.6 is 0 Å². The summed E-state index contributed by atoms with van der Waals surface area (Å²) in [5.74, 6) is -0.00765. The number of allylic oxidation sites excluding steroid dienone is 4. The van der Waals surface area contributed by atoms with Crippen molar-refractivity contribution in [2.75, 3.05) is 13.2 Å². The van der Waals surface area contributed by atoms with Crippen LogP contribution in [0.3, 0.4) is 0 Å². The van der Waals surface area contributed by atoms with Gasteiger partial charge in [0.1, 0.15) is 0 Å². The van der Waals surface area contributed by atoms with Gasteiger partial charge in [0.15, 0.2) is 0 Å². The number of unbranched alkanes of at least 4 members (excludes halogenated alkanes) is 60. The van der Waals surface area contributed by atoms with E-state index in [9.17, 15) is 19.8 Å². The zero-order valence-electron chi connectivity index (χ0n) is 58.6. The van der Waals surface area contributed by atoms with Gasteiger partial charge in [0, 0.05) is 12.8 Å². The molecule has 0 aromatic carbocycles. The van der Waals surface area contributed by atoms with E-state index < -0.39 is 12.1 Å². The summed E-state index contributed by atoms with van der Waals surface area (Å²) in [4.78, 5) is 24.6. The number of nitrogens with one attached hydrogen (secondary N) is 1. The molecule has 3 N–H and O–H groups in total. The SMILES string of the molecule is CCCCCCCCCCCCCCCCCCCCCCCC(O)C(CO)NC(=O)CCCCCCCCCCCCCCCCCCC/C=C\C/C=C\CCCCCCCCCCCCCCCOC(=O)CCCCCCCCCCCCC. The third-order valence-electron chi connectivity index (χ3n) is 18.8. The second-order valence-corrected chi connectivity index (χ2v) is 27.4. The highest BCUT2D eigenvalue weighted by molar-refractivity contribution is 5.76. The van der Waals surface area contributed by atoms with E-state index in [4.69, 9.17) is 4.74 Å². The van der Waals surface area contributed by atoms with E-state index >= 15 is 0 Å². The van der Waals surface area contributed by atoms with Crippen molar-refractivity contribution in [2.45, 2.75) is 463 Å². The first-order chi connectivity index (χ1) is 42.5. The number of carbonyl (C=O) groups excluding carboxylic acids is 2. The fourth-order valence-corrected chi connectivity index (χ4v) is 12.7. The molecule has 0 fully saturated rings. The molecule has 0 heterocycles. The standard InChI is InChI=1S/C80H155NO5/c1-3-5-7-9-11-13-15-16-17-18-19-37-40-43-46-49-53-56-60-64-68-72-78(83)77(76-82)81-79(84)73-69-65-61-57-54-50-47-44-41-38-35-33-31-29-27-25-23-21-20-22-24-26-28-30-32-34-36-39-42-45-48-51-55-59-63-67-71-75-86-80(85)74-70-66-62-58-52-14-12-10-8-6-4-2/h20,22,26,28,77-78,82-83H,3-19,21,23-25,27,29-76H2,1-2H3,(H,81,84)/b22-20-,28-26-. The number of carbonyl (C=O) groups is 2. The lowest BCUT2D eigenvalue weighted by molar-refractivity contribution is -0.143. The Labute approximate surface area is 539 Å². The first-order valence-electron chi connectivity index (χ1n) is 39.6. The molecule has 510 valence electrons. The molecule has 0 radical (unpaired) electrons. The lowest BCUT2D eigenvalue weighted by atomic mass is 10.0. The molecular weight excluding hydrogens is 1050 g/mol. The molecule has 1 amide bonds. The molecule has 0 saturated carbocycles. The van der Waals surface area contributed by atoms with Crippen LogP contribution in [0.4, 0.5) is 0 Å². The van der Waals surface area contributed by atoms with Crippen LogP contribution in [-0.2, 0) is 14.3 Å². The maximum atomic E-state index is 12.6. The van der Waals surface area contributed by atoms with Crippen molar-refractivity contribution in [1.29, 1.82) is 0 Å². The topological polar surface area (TPSA) is 95.9 Å². The van der Waals surface area contributed by atoms with Gasteiger partial charge >= 0.3 is 5.97 Å². The number of aliphatic hydroxyl groups excluding tert-OH is 2. The van der Waals surface area contributed by atoms with Gasteiger partial charge in [-0.25, -0.2) is 0 Å². The van der Waals surface area contributed by atoms with Crippen molar-refractivity contribution in [1.82, 2.24) is 5.32 Å². The minimum Gasteiger partial charge on any atom is -0.466 e. The number of hydrogen-bond donors (Lipinski definition) is 3. The van der Waals surface area contributed by atoms with Crippen LogP contribution in [0.2, 0.25) is 0 Å². The molecule has 0 aromatic rings. The van der Waals surface area contributed by atoms with Gasteiger partial charge in [-0.15, -0.1) is 0 Å². The molecule has 2 unspecified atom stereocenters.